The fourth-order valence-corrected chi connectivity index (χ4v) is 24.5. The van der Waals surface area contributed by atoms with Crippen LogP contribution in [-0.2, 0) is 74.6 Å². The monoisotopic (exact) mass is 2140 g/mol. The third-order valence-electron chi connectivity index (χ3n) is 28.6. The number of allylic oxidation sites excluding steroid dienone is 1. The van der Waals surface area contributed by atoms with Gasteiger partial charge >= 0.3 is 6.03 Å². The molecule has 0 radical (unpaired) electrons. The molecular weight excluding hydrogens is 2030 g/mol. The van der Waals surface area contributed by atoms with Crippen LogP contribution in [0.15, 0.2) is 219 Å². The molecule has 8 aliphatic rings. The number of phenols is 1. The van der Waals surface area contributed by atoms with Gasteiger partial charge < -0.3 is 48.9 Å². The Labute approximate surface area is 868 Å². The van der Waals surface area contributed by atoms with E-state index in [9.17, 15) is 50.5 Å². The molecule has 13 aromatic rings. The molecule has 21 rings (SSSR count). The fraction of sp³-hybridized carbons (Fsp3) is 0.330. The van der Waals surface area contributed by atoms with E-state index in [4.69, 9.17) is 54.7 Å². The molecule has 4 aliphatic heterocycles. The number of amides is 2. The third kappa shape index (κ3) is 21.6. The molecule has 0 saturated carbocycles. The van der Waals surface area contributed by atoms with Crippen LogP contribution >= 0.6 is 50.7 Å². The molecule has 0 spiro atoms. The summed E-state index contributed by atoms with van der Waals surface area (Å²) in [7, 11) is -4.19. The number of aromatic hydroxyl groups is 1. The van der Waals surface area contributed by atoms with Crippen LogP contribution in [0.4, 0.5) is 10.5 Å². The Bertz CT molecular complexity index is 7070. The normalized spacial score (nSPS) is 19.9. The first-order chi connectivity index (χ1) is 69.1. The van der Waals surface area contributed by atoms with Gasteiger partial charge in [0.2, 0.25) is 30.1 Å². The number of urea groups is 1. The molecule has 0 bridgehead atoms. The van der Waals surface area contributed by atoms with Crippen LogP contribution in [0.2, 0.25) is 15.1 Å². The number of imidazole rings is 4. The Balaban J connectivity index is 0.000000127. The number of nitrogens with zero attached hydrogens (tertiary/aromatic N) is 20. The van der Waals surface area contributed by atoms with Crippen molar-refractivity contribution >= 4 is 139 Å². The van der Waals surface area contributed by atoms with Crippen molar-refractivity contribution in [3.8, 4) is 5.75 Å². The van der Waals surface area contributed by atoms with E-state index in [-0.39, 0.29) is 35.9 Å². The second-order valence-electron chi connectivity index (χ2n) is 38.4. The van der Waals surface area contributed by atoms with Gasteiger partial charge in [0, 0.05) is 200 Å². The Morgan fingerprint density at radius 1 is 0.421 bits per heavy atom. The van der Waals surface area contributed by atoms with E-state index in [1.807, 2.05) is 174 Å². The highest BCUT2D eigenvalue weighted by Gasteiger charge is 2.46. The highest BCUT2D eigenvalue weighted by atomic mass is 79.9. The molecule has 5 aromatic carbocycles. The number of carbonyl (C=O) groups excluding carboxylic acids is 1. The molecular formula is C106H115BrCl3N21O11S3. The Hall–Kier alpha value is -11.6. The van der Waals surface area contributed by atoms with Crippen molar-refractivity contribution in [2.24, 2.45) is 21.1 Å². The molecule has 4 aliphatic carbocycles. The second-order valence-corrected chi connectivity index (χ2v) is 46.6. The first kappa shape index (κ1) is 103. The molecule has 2 amide bonds. The molecule has 32 nitrogen and oxygen atoms in total. The van der Waals surface area contributed by atoms with E-state index in [1.165, 1.54) is 53.9 Å². The number of phenolic OH excluding ortho intramolecular Hbond substituents is 1. The van der Waals surface area contributed by atoms with Crippen LogP contribution in [0.1, 0.15) is 163 Å². The number of aryl methyl sites for hydroxylation is 5. The molecule has 7 atom stereocenters. The number of benzene rings is 5. The van der Waals surface area contributed by atoms with E-state index in [0.717, 1.165) is 88.7 Å². The SMILES string of the molecule is Cc1ccc2c(c1)C=C(Cn1ccnc1C)c1cc(Br)cnc1C2N1CCN(C(=O)Nc2ccc(O)cc2)CC1.Cn1cncc1C(C)(O)C1=Cc2cccnc2[C@@H](N2CCN(S(C)(=O)=O)CC2)c2ccc(Cl)cc21.Cn1cncc1[C@@](C)(O)C1=Cc2cccnc2[C@@H](N2CCN(S(C)(=O)=O)CC2)c2ccc(Cl)cc21.Cn1cncc1[C@](C)(O)C1=Cc2cccnc2[C@@H](N2CCN(S(C)(=O)=O)CC2)c2ccc(Cl)cc21. The van der Waals surface area contributed by atoms with Crippen molar-refractivity contribution in [1.82, 2.24) is 95.6 Å². The number of nitrogens with one attached hydrogen (secondary N) is 1. The standard InChI is InChI=1S/C31H31BrN6O2.3C25H28ClN5O3S/c1-20-3-8-27-22(15-20)16-23(19-38-10-9-33-21(38)2)28-17-24(32)18-34-29(28)30(27)36-11-13-37(14-12-36)31(40)35-25-4-6-26(39)7-5-25;3*1-25(32,22-15-27-16-29(22)2)21-13-17-5-4-8-28-23(17)24(19-7-6-18(26)14-20(19)21)30-9-11-31(12-10-30)35(3,33)34/h3-10,15-18,30,39H,11-14,19H2,1-2H3,(H,35,40);3*4-8,13-16,24,32H,9-12H2,1-3H3/t;24-,25?;24-,25+;24-,25-/m.000/s1. The number of fused-ring (bicyclic) bond motifs is 8. The van der Waals surface area contributed by atoms with Crippen LogP contribution < -0.4 is 5.32 Å². The summed E-state index contributed by atoms with van der Waals surface area (Å²) in [6.07, 6.45) is 33.1. The van der Waals surface area contributed by atoms with Crippen molar-refractivity contribution in [3.63, 3.8) is 0 Å². The number of hydrogen-bond acceptors (Lipinski definition) is 23. The number of aliphatic hydroxyl groups is 3. The molecule has 5 N–H and O–H groups in total. The van der Waals surface area contributed by atoms with Gasteiger partial charge in [-0.1, -0.05) is 95.0 Å². The Kier molecular flexibility index (Phi) is 29.9. The predicted octanol–water partition coefficient (Wildman–Crippen LogP) is 14.5. The molecule has 4 saturated heterocycles. The van der Waals surface area contributed by atoms with Crippen molar-refractivity contribution in [1.29, 1.82) is 0 Å². The van der Waals surface area contributed by atoms with Crippen molar-refractivity contribution in [2.75, 3.05) is 129 Å². The van der Waals surface area contributed by atoms with E-state index in [0.29, 0.717) is 166 Å². The van der Waals surface area contributed by atoms with Gasteiger partial charge in [-0.3, -0.25) is 39.5 Å². The topological polar surface area (TPSA) is 361 Å². The number of anilines is 1. The molecule has 145 heavy (non-hydrogen) atoms. The maximum atomic E-state index is 13.0. The van der Waals surface area contributed by atoms with E-state index < -0.39 is 46.9 Å². The van der Waals surface area contributed by atoms with Crippen LogP contribution in [-0.4, -0.2) is 271 Å². The number of pyridine rings is 4. The average molecular weight is 2140 g/mol. The number of sulfonamides is 3. The first-order valence-electron chi connectivity index (χ1n) is 47.7. The molecule has 756 valence electrons. The summed E-state index contributed by atoms with van der Waals surface area (Å²) in [5.41, 5.74) is 18.3. The van der Waals surface area contributed by atoms with Gasteiger partial charge in [0.25, 0.3) is 0 Å². The quantitative estimate of drug-likeness (QED) is 0.0561. The molecule has 39 heteroatoms. The summed E-state index contributed by atoms with van der Waals surface area (Å²) in [5, 5.41) is 49.9. The van der Waals surface area contributed by atoms with E-state index >= 15 is 0 Å². The van der Waals surface area contributed by atoms with Crippen LogP contribution in [0.3, 0.4) is 0 Å². The maximum Gasteiger partial charge on any atom is 0.321 e. The number of piperazine rings is 4. The van der Waals surface area contributed by atoms with Gasteiger partial charge in [0.15, 0.2) is 0 Å². The largest absolute Gasteiger partial charge is 0.508 e. The molecule has 2 unspecified atom stereocenters. The lowest BCUT2D eigenvalue weighted by Gasteiger charge is -2.39. The van der Waals surface area contributed by atoms with Gasteiger partial charge in [0.1, 0.15) is 28.4 Å². The zero-order valence-electron chi connectivity index (χ0n) is 82.2. The van der Waals surface area contributed by atoms with E-state index in [2.05, 4.69) is 103 Å². The lowest BCUT2D eigenvalue weighted by molar-refractivity contribution is 0.114. The Morgan fingerprint density at radius 2 is 0.786 bits per heavy atom. The third-order valence-corrected chi connectivity index (χ3v) is 33.7. The maximum absolute atomic E-state index is 13.0. The molecule has 8 aromatic heterocycles. The summed E-state index contributed by atoms with van der Waals surface area (Å²) in [4.78, 5) is 60.4. The summed E-state index contributed by atoms with van der Waals surface area (Å²) >= 11 is 23.1. The van der Waals surface area contributed by atoms with E-state index in [1.54, 1.807) is 101 Å². The van der Waals surface area contributed by atoms with Gasteiger partial charge in [-0.2, -0.15) is 12.9 Å². The Morgan fingerprint density at radius 3 is 1.14 bits per heavy atom. The highest BCUT2D eigenvalue weighted by Crippen LogP contribution is 2.52. The minimum Gasteiger partial charge on any atom is -0.508 e. The summed E-state index contributed by atoms with van der Waals surface area (Å²) in [6, 6.07) is 43.3. The smallest absolute Gasteiger partial charge is 0.321 e. The predicted molar refractivity (Wildman–Crippen MR) is 569 cm³/mol. The summed E-state index contributed by atoms with van der Waals surface area (Å²) in [6.45, 7) is 18.6. The number of rotatable bonds is 16. The minimum atomic E-state index is -3.25. The zero-order valence-corrected chi connectivity index (χ0v) is 88.5. The number of hydrogen-bond donors (Lipinski definition) is 5. The van der Waals surface area contributed by atoms with Gasteiger partial charge in [-0.25, -0.2) is 50.0 Å². The van der Waals surface area contributed by atoms with Gasteiger partial charge in [-0.15, -0.1) is 0 Å². The highest BCUT2D eigenvalue weighted by molar-refractivity contribution is 9.10. The van der Waals surface area contributed by atoms with Crippen LogP contribution in [0.25, 0.3) is 46.6 Å². The summed E-state index contributed by atoms with van der Waals surface area (Å²) < 4.78 is 85.6. The zero-order chi connectivity index (χ0) is 103. The van der Waals surface area contributed by atoms with Crippen LogP contribution in [0.5, 0.6) is 5.75 Å². The number of halogens is 4. The minimum absolute atomic E-state index is 0.0429. The van der Waals surface area contributed by atoms with Crippen molar-refractivity contribution in [2.45, 2.75) is 82.1 Å². The van der Waals surface area contributed by atoms with Crippen molar-refractivity contribution < 1.29 is 50.5 Å². The average Bonchev–Trinajstić information content (AvgIpc) is 1.60. The fourth-order valence-electron chi connectivity index (χ4n) is 21.2. The molecule has 4 fully saturated rings. The summed E-state index contributed by atoms with van der Waals surface area (Å²) in [5.74, 6) is 1.14. The van der Waals surface area contributed by atoms with Gasteiger partial charge in [-0.05, 0) is 243 Å². The number of aromatic nitrogens is 12. The second kappa shape index (κ2) is 41.9. The van der Waals surface area contributed by atoms with Crippen molar-refractivity contribution in [3.05, 3.63) is 352 Å². The lowest BCUT2D eigenvalue weighted by Crippen LogP contribution is -2.51. The number of carbonyl (C=O) groups is 1. The molecule has 12 heterocycles. The first-order valence-corrected chi connectivity index (χ1v) is 55.1. The van der Waals surface area contributed by atoms with Gasteiger partial charge in [0.05, 0.1) is 120 Å². The van der Waals surface area contributed by atoms with Crippen LogP contribution in [0, 0.1) is 13.8 Å². The lowest BCUT2D eigenvalue weighted by atomic mass is 9.84.